The van der Waals surface area contributed by atoms with Crippen LogP contribution >= 0.6 is 0 Å². The molecule has 1 aromatic heterocycles. The van der Waals surface area contributed by atoms with E-state index in [1.165, 1.54) is 6.26 Å². The van der Waals surface area contributed by atoms with Crippen LogP contribution in [0.5, 0.6) is 0 Å². The lowest BCUT2D eigenvalue weighted by atomic mass is 10.1. The Bertz CT molecular complexity index is 602. The highest BCUT2D eigenvalue weighted by Crippen LogP contribution is 2.20. The van der Waals surface area contributed by atoms with E-state index in [9.17, 15) is 9.59 Å². The molecule has 5 heteroatoms. The van der Waals surface area contributed by atoms with Crippen molar-refractivity contribution in [2.24, 2.45) is 0 Å². The zero-order valence-electron chi connectivity index (χ0n) is 10.6. The Labute approximate surface area is 110 Å². The van der Waals surface area contributed by atoms with E-state index in [2.05, 4.69) is 5.32 Å². The van der Waals surface area contributed by atoms with Gasteiger partial charge in [-0.05, 0) is 19.4 Å². The van der Waals surface area contributed by atoms with Gasteiger partial charge in [-0.1, -0.05) is 18.2 Å². The molecule has 1 atom stereocenters. The normalized spacial score (nSPS) is 12.3. The number of carboxylic acid groups (broad SMARTS) is 1. The molecule has 5 nitrogen and oxygen atoms in total. The van der Waals surface area contributed by atoms with Crippen molar-refractivity contribution in [1.29, 1.82) is 0 Å². The van der Waals surface area contributed by atoms with E-state index in [1.807, 2.05) is 18.2 Å². The maximum absolute atomic E-state index is 12.1. The van der Waals surface area contributed by atoms with Crippen molar-refractivity contribution >= 4 is 22.8 Å². The molecule has 0 spiro atoms. The minimum absolute atomic E-state index is 0.0353. The van der Waals surface area contributed by atoms with Gasteiger partial charge in [0.05, 0.1) is 5.56 Å². The third kappa shape index (κ3) is 3.13. The van der Waals surface area contributed by atoms with E-state index >= 15 is 0 Å². The first-order valence-corrected chi connectivity index (χ1v) is 6.07. The highest BCUT2D eigenvalue weighted by atomic mass is 16.4. The van der Waals surface area contributed by atoms with Gasteiger partial charge in [-0.25, -0.2) is 0 Å². The Morgan fingerprint density at radius 3 is 2.84 bits per heavy atom. The average Bonchev–Trinajstić information content (AvgIpc) is 2.80. The smallest absolute Gasteiger partial charge is 0.303 e. The Kier molecular flexibility index (Phi) is 3.85. The molecule has 1 heterocycles. The number of benzene rings is 1. The fraction of sp³-hybridized carbons (Fsp3) is 0.286. The van der Waals surface area contributed by atoms with Crippen LogP contribution in [0.4, 0.5) is 0 Å². The number of hydrogen-bond acceptors (Lipinski definition) is 3. The van der Waals surface area contributed by atoms with Crippen LogP contribution in [0.15, 0.2) is 34.9 Å². The second-order valence-electron chi connectivity index (χ2n) is 4.45. The predicted molar refractivity (Wildman–Crippen MR) is 70.0 cm³/mol. The molecular formula is C14H15NO4. The van der Waals surface area contributed by atoms with Crippen LogP contribution in [-0.4, -0.2) is 23.0 Å². The van der Waals surface area contributed by atoms with Crippen molar-refractivity contribution < 1.29 is 19.1 Å². The minimum Gasteiger partial charge on any atom is -0.481 e. The quantitative estimate of drug-likeness (QED) is 0.866. The van der Waals surface area contributed by atoms with Crippen molar-refractivity contribution in [3.63, 3.8) is 0 Å². The molecule has 0 aliphatic rings. The SMILES string of the molecule is C[C@@H](CCC(=O)O)NC(=O)c1coc2ccccc12. The third-order valence-electron chi connectivity index (χ3n) is 2.89. The van der Waals surface area contributed by atoms with Gasteiger partial charge in [0.2, 0.25) is 0 Å². The summed E-state index contributed by atoms with van der Waals surface area (Å²) in [5.41, 5.74) is 1.13. The van der Waals surface area contributed by atoms with Crippen LogP contribution in [-0.2, 0) is 4.79 Å². The van der Waals surface area contributed by atoms with E-state index in [-0.39, 0.29) is 18.4 Å². The first kappa shape index (κ1) is 13.1. The van der Waals surface area contributed by atoms with E-state index in [0.717, 1.165) is 5.39 Å². The molecular weight excluding hydrogens is 246 g/mol. The number of nitrogens with one attached hydrogen (secondary N) is 1. The van der Waals surface area contributed by atoms with Crippen LogP contribution in [0.25, 0.3) is 11.0 Å². The summed E-state index contributed by atoms with van der Waals surface area (Å²) in [6.07, 6.45) is 1.86. The number of fused-ring (bicyclic) bond motifs is 1. The largest absolute Gasteiger partial charge is 0.481 e. The van der Waals surface area contributed by atoms with Gasteiger partial charge < -0.3 is 14.8 Å². The van der Waals surface area contributed by atoms with Gasteiger partial charge >= 0.3 is 5.97 Å². The molecule has 2 N–H and O–H groups in total. The highest BCUT2D eigenvalue weighted by Gasteiger charge is 2.15. The number of rotatable bonds is 5. The Morgan fingerprint density at radius 2 is 2.11 bits per heavy atom. The summed E-state index contributed by atoms with van der Waals surface area (Å²) in [7, 11) is 0. The number of carbonyl (C=O) groups excluding carboxylic acids is 1. The van der Waals surface area contributed by atoms with Crippen LogP contribution in [0.1, 0.15) is 30.1 Å². The van der Waals surface area contributed by atoms with Gasteiger partial charge in [-0.3, -0.25) is 9.59 Å². The Balaban J connectivity index is 2.05. The number of carbonyl (C=O) groups is 2. The summed E-state index contributed by atoms with van der Waals surface area (Å²) >= 11 is 0. The number of furan rings is 1. The molecule has 0 bridgehead atoms. The van der Waals surface area contributed by atoms with Gasteiger partial charge in [0.1, 0.15) is 11.8 Å². The lowest BCUT2D eigenvalue weighted by molar-refractivity contribution is -0.137. The Morgan fingerprint density at radius 1 is 1.37 bits per heavy atom. The highest BCUT2D eigenvalue weighted by molar-refractivity contribution is 6.05. The minimum atomic E-state index is -0.866. The van der Waals surface area contributed by atoms with Gasteiger partial charge in [-0.2, -0.15) is 0 Å². The molecule has 0 saturated heterocycles. The van der Waals surface area contributed by atoms with Crippen molar-refractivity contribution in [2.75, 3.05) is 0 Å². The second-order valence-corrected chi connectivity index (χ2v) is 4.45. The molecule has 100 valence electrons. The van der Waals surface area contributed by atoms with E-state index in [1.54, 1.807) is 13.0 Å². The number of aliphatic carboxylic acids is 1. The van der Waals surface area contributed by atoms with Gasteiger partial charge in [-0.15, -0.1) is 0 Å². The van der Waals surface area contributed by atoms with Crippen molar-refractivity contribution in [3.05, 3.63) is 36.1 Å². The fourth-order valence-corrected chi connectivity index (χ4v) is 1.87. The zero-order chi connectivity index (χ0) is 13.8. The molecule has 0 saturated carbocycles. The van der Waals surface area contributed by atoms with Crippen molar-refractivity contribution in [2.45, 2.75) is 25.8 Å². The number of carboxylic acids is 1. The lowest BCUT2D eigenvalue weighted by Gasteiger charge is -2.11. The van der Waals surface area contributed by atoms with Crippen molar-refractivity contribution in [1.82, 2.24) is 5.32 Å². The maximum atomic E-state index is 12.1. The van der Waals surface area contributed by atoms with E-state index in [4.69, 9.17) is 9.52 Å². The molecule has 1 amide bonds. The van der Waals surface area contributed by atoms with Crippen LogP contribution < -0.4 is 5.32 Å². The maximum Gasteiger partial charge on any atom is 0.303 e. The van der Waals surface area contributed by atoms with Crippen LogP contribution in [0, 0.1) is 0 Å². The van der Waals surface area contributed by atoms with Crippen LogP contribution in [0.3, 0.4) is 0 Å². The summed E-state index contributed by atoms with van der Waals surface area (Å²) in [5, 5.41) is 12.1. The molecule has 2 aromatic rings. The summed E-state index contributed by atoms with van der Waals surface area (Å²) in [6.45, 7) is 1.78. The molecule has 0 fully saturated rings. The molecule has 0 aliphatic heterocycles. The third-order valence-corrected chi connectivity index (χ3v) is 2.89. The van der Waals surface area contributed by atoms with Crippen LogP contribution in [0.2, 0.25) is 0 Å². The fourth-order valence-electron chi connectivity index (χ4n) is 1.87. The number of amides is 1. The van der Waals surface area contributed by atoms with Gasteiger partial charge in [0.15, 0.2) is 0 Å². The van der Waals surface area contributed by atoms with E-state index < -0.39 is 5.97 Å². The standard InChI is InChI=1S/C14H15NO4/c1-9(6-7-13(16)17)15-14(18)11-8-19-12-5-3-2-4-10(11)12/h2-5,8-9H,6-7H2,1H3,(H,15,18)(H,16,17)/t9-/m0/s1. The molecule has 2 rings (SSSR count). The number of para-hydroxylation sites is 1. The molecule has 0 radical (unpaired) electrons. The molecule has 19 heavy (non-hydrogen) atoms. The number of hydrogen-bond donors (Lipinski definition) is 2. The average molecular weight is 261 g/mol. The van der Waals surface area contributed by atoms with E-state index in [0.29, 0.717) is 17.6 Å². The first-order chi connectivity index (χ1) is 9.08. The first-order valence-electron chi connectivity index (χ1n) is 6.07. The predicted octanol–water partition coefficient (Wildman–Crippen LogP) is 2.42. The van der Waals surface area contributed by atoms with Gasteiger partial charge in [0.25, 0.3) is 5.91 Å². The van der Waals surface area contributed by atoms with Crippen molar-refractivity contribution in [3.8, 4) is 0 Å². The zero-order valence-corrected chi connectivity index (χ0v) is 10.6. The lowest BCUT2D eigenvalue weighted by Crippen LogP contribution is -2.32. The summed E-state index contributed by atoms with van der Waals surface area (Å²) in [6, 6.07) is 7.08. The Hall–Kier alpha value is -2.30. The topological polar surface area (TPSA) is 79.5 Å². The summed E-state index contributed by atoms with van der Waals surface area (Å²) < 4.78 is 5.29. The molecule has 1 aromatic carbocycles. The monoisotopic (exact) mass is 261 g/mol. The molecule has 0 aliphatic carbocycles. The summed E-state index contributed by atoms with van der Waals surface area (Å²) in [5.74, 6) is -1.11. The summed E-state index contributed by atoms with van der Waals surface area (Å²) in [4.78, 5) is 22.5. The van der Waals surface area contributed by atoms with Gasteiger partial charge in [0, 0.05) is 17.8 Å². The second kappa shape index (κ2) is 5.56. The molecule has 0 unspecified atom stereocenters.